The number of alkyl halides is 1. The van der Waals surface area contributed by atoms with Crippen LogP contribution in [-0.2, 0) is 12.5 Å². The minimum Gasteiger partial charge on any atom is -0.497 e. The van der Waals surface area contributed by atoms with Crippen LogP contribution in [0.15, 0.2) is 35.1 Å². The van der Waals surface area contributed by atoms with E-state index in [1.54, 1.807) is 31.4 Å². The van der Waals surface area contributed by atoms with Gasteiger partial charge in [-0.25, -0.2) is 4.98 Å². The largest absolute Gasteiger partial charge is 0.497 e. The molecule has 0 amide bonds. The van der Waals surface area contributed by atoms with E-state index >= 15 is 0 Å². The van der Waals surface area contributed by atoms with Gasteiger partial charge in [-0.3, -0.25) is 4.79 Å². The highest BCUT2D eigenvalue weighted by atomic mass is 35.5. The Morgan fingerprint density at radius 1 is 1.26 bits per heavy atom. The lowest BCUT2D eigenvalue weighted by Gasteiger charge is -2.07. The second-order valence-electron chi connectivity index (χ2n) is 3.78. The van der Waals surface area contributed by atoms with E-state index in [4.69, 9.17) is 21.1 Å². The molecule has 1 aromatic heterocycles. The maximum absolute atomic E-state index is 11.3. The van der Waals surface area contributed by atoms with Crippen molar-refractivity contribution in [1.82, 2.24) is 9.97 Å². The molecule has 0 saturated heterocycles. The molecule has 0 aliphatic heterocycles. The van der Waals surface area contributed by atoms with E-state index in [-0.39, 0.29) is 18.0 Å². The Labute approximate surface area is 115 Å². The molecule has 0 atom stereocenters. The number of rotatable bonds is 5. The van der Waals surface area contributed by atoms with E-state index in [2.05, 4.69) is 9.97 Å². The summed E-state index contributed by atoms with van der Waals surface area (Å²) in [5, 5.41) is 0. The maximum atomic E-state index is 11.3. The van der Waals surface area contributed by atoms with Crippen molar-refractivity contribution < 1.29 is 9.47 Å². The summed E-state index contributed by atoms with van der Waals surface area (Å²) in [6.45, 7) is 0.173. The fourth-order valence-corrected chi connectivity index (χ4v) is 1.66. The number of aromatic amines is 1. The van der Waals surface area contributed by atoms with Crippen LogP contribution in [0.2, 0.25) is 0 Å². The Morgan fingerprint density at radius 2 is 1.95 bits per heavy atom. The van der Waals surface area contributed by atoms with Crippen LogP contribution < -0.4 is 15.0 Å². The number of benzene rings is 1. The number of ether oxygens (including phenoxy) is 2. The van der Waals surface area contributed by atoms with Gasteiger partial charge in [0.2, 0.25) is 0 Å². The number of halogens is 1. The molecule has 0 saturated carbocycles. The molecule has 100 valence electrons. The van der Waals surface area contributed by atoms with Gasteiger partial charge in [-0.05, 0) is 24.3 Å². The number of hydrogen-bond acceptors (Lipinski definition) is 4. The number of aromatic nitrogens is 2. The quantitative estimate of drug-likeness (QED) is 0.852. The van der Waals surface area contributed by atoms with Crippen molar-refractivity contribution in [3.63, 3.8) is 0 Å². The minimum absolute atomic E-state index is 0.173. The monoisotopic (exact) mass is 280 g/mol. The van der Waals surface area contributed by atoms with Gasteiger partial charge in [-0.1, -0.05) is 0 Å². The lowest BCUT2D eigenvalue weighted by Crippen LogP contribution is -2.14. The molecule has 5 nitrogen and oxygen atoms in total. The fourth-order valence-electron chi connectivity index (χ4n) is 1.52. The van der Waals surface area contributed by atoms with Gasteiger partial charge >= 0.3 is 0 Å². The maximum Gasteiger partial charge on any atom is 0.251 e. The number of H-pyrrole nitrogens is 1. The summed E-state index contributed by atoms with van der Waals surface area (Å²) in [6.07, 6.45) is 0. The summed E-state index contributed by atoms with van der Waals surface area (Å²) >= 11 is 5.65. The molecule has 19 heavy (non-hydrogen) atoms. The number of nitrogens with one attached hydrogen (secondary N) is 1. The van der Waals surface area contributed by atoms with Crippen molar-refractivity contribution >= 4 is 11.6 Å². The van der Waals surface area contributed by atoms with Crippen LogP contribution in [-0.4, -0.2) is 17.1 Å². The Bertz CT molecular complexity index is 596. The van der Waals surface area contributed by atoms with Gasteiger partial charge in [0.25, 0.3) is 5.56 Å². The smallest absolute Gasteiger partial charge is 0.251 e. The van der Waals surface area contributed by atoms with Crippen molar-refractivity contribution in [2.24, 2.45) is 0 Å². The lowest BCUT2D eigenvalue weighted by atomic mass is 10.3. The first kappa shape index (κ1) is 13.4. The molecule has 2 aromatic rings. The SMILES string of the molecule is COc1ccc(OCc2nc(CCl)cc(=O)[nH]2)cc1. The zero-order valence-corrected chi connectivity index (χ0v) is 11.1. The summed E-state index contributed by atoms with van der Waals surface area (Å²) in [5.41, 5.74) is 0.290. The van der Waals surface area contributed by atoms with Gasteiger partial charge in [-0.15, -0.1) is 11.6 Å². The summed E-state index contributed by atoms with van der Waals surface area (Å²) in [4.78, 5) is 18.1. The van der Waals surface area contributed by atoms with Crippen LogP contribution in [0, 0.1) is 0 Å². The highest BCUT2D eigenvalue weighted by Gasteiger charge is 2.02. The van der Waals surface area contributed by atoms with Crippen molar-refractivity contribution in [2.45, 2.75) is 12.5 Å². The summed E-state index contributed by atoms with van der Waals surface area (Å²) < 4.78 is 10.6. The summed E-state index contributed by atoms with van der Waals surface area (Å²) in [6, 6.07) is 8.51. The number of hydrogen-bond donors (Lipinski definition) is 1. The average Bonchev–Trinajstić information content (AvgIpc) is 2.45. The normalized spacial score (nSPS) is 10.2. The van der Waals surface area contributed by atoms with Crippen LogP contribution >= 0.6 is 11.6 Å². The zero-order chi connectivity index (χ0) is 13.7. The van der Waals surface area contributed by atoms with Crippen molar-refractivity contribution in [1.29, 1.82) is 0 Å². The van der Waals surface area contributed by atoms with Crippen LogP contribution in [0.1, 0.15) is 11.5 Å². The van der Waals surface area contributed by atoms with E-state index in [0.29, 0.717) is 17.3 Å². The Morgan fingerprint density at radius 3 is 2.58 bits per heavy atom. The third-order valence-electron chi connectivity index (χ3n) is 2.42. The second-order valence-corrected chi connectivity index (χ2v) is 4.05. The predicted molar refractivity (Wildman–Crippen MR) is 71.7 cm³/mol. The average molecular weight is 281 g/mol. The standard InChI is InChI=1S/C13H13ClN2O3/c1-18-10-2-4-11(5-3-10)19-8-12-15-9(7-14)6-13(17)16-12/h2-6H,7-8H2,1H3,(H,15,16,17). The lowest BCUT2D eigenvalue weighted by molar-refractivity contribution is 0.294. The van der Waals surface area contributed by atoms with E-state index in [1.807, 2.05) is 0 Å². The number of methoxy groups -OCH3 is 1. The van der Waals surface area contributed by atoms with Gasteiger partial charge in [0.15, 0.2) is 0 Å². The Hall–Kier alpha value is -2.01. The molecule has 0 unspecified atom stereocenters. The molecule has 1 aromatic carbocycles. The van der Waals surface area contributed by atoms with E-state index < -0.39 is 0 Å². The van der Waals surface area contributed by atoms with Crippen molar-refractivity contribution in [2.75, 3.05) is 7.11 Å². The zero-order valence-electron chi connectivity index (χ0n) is 10.4. The third-order valence-corrected chi connectivity index (χ3v) is 2.69. The topological polar surface area (TPSA) is 64.2 Å². The van der Waals surface area contributed by atoms with E-state index in [9.17, 15) is 4.79 Å². The first-order valence-corrected chi connectivity index (χ1v) is 6.16. The van der Waals surface area contributed by atoms with Gasteiger partial charge in [0, 0.05) is 6.07 Å². The van der Waals surface area contributed by atoms with Gasteiger partial charge < -0.3 is 14.5 Å². The van der Waals surface area contributed by atoms with Gasteiger partial charge in [0.1, 0.15) is 23.9 Å². The molecule has 1 heterocycles. The molecule has 0 spiro atoms. The Balaban J connectivity index is 2.05. The second kappa shape index (κ2) is 6.24. The third kappa shape index (κ3) is 3.72. The molecule has 0 fully saturated rings. The molecule has 0 radical (unpaired) electrons. The van der Waals surface area contributed by atoms with Crippen LogP contribution in [0.4, 0.5) is 0 Å². The van der Waals surface area contributed by atoms with Crippen LogP contribution in [0.3, 0.4) is 0 Å². The van der Waals surface area contributed by atoms with Crippen molar-refractivity contribution in [3.8, 4) is 11.5 Å². The molecule has 6 heteroatoms. The molecular weight excluding hydrogens is 268 g/mol. The molecule has 0 aliphatic carbocycles. The van der Waals surface area contributed by atoms with Gasteiger partial charge in [-0.2, -0.15) is 0 Å². The van der Waals surface area contributed by atoms with Crippen LogP contribution in [0.5, 0.6) is 11.5 Å². The van der Waals surface area contributed by atoms with E-state index in [0.717, 1.165) is 5.75 Å². The van der Waals surface area contributed by atoms with E-state index in [1.165, 1.54) is 6.07 Å². The Kier molecular flexibility index (Phi) is 4.41. The van der Waals surface area contributed by atoms with Crippen molar-refractivity contribution in [3.05, 3.63) is 52.2 Å². The molecule has 2 rings (SSSR count). The molecular formula is C13H13ClN2O3. The molecule has 1 N–H and O–H groups in total. The van der Waals surface area contributed by atoms with Gasteiger partial charge in [0.05, 0.1) is 18.7 Å². The predicted octanol–water partition coefficient (Wildman–Crippen LogP) is 2.10. The summed E-state index contributed by atoms with van der Waals surface area (Å²) in [7, 11) is 1.60. The van der Waals surface area contributed by atoms with Crippen LogP contribution in [0.25, 0.3) is 0 Å². The number of nitrogens with zero attached hydrogens (tertiary/aromatic N) is 1. The minimum atomic E-state index is -0.237. The first-order valence-electron chi connectivity index (χ1n) is 5.63. The molecule has 0 bridgehead atoms. The highest BCUT2D eigenvalue weighted by molar-refractivity contribution is 6.16. The summed E-state index contributed by atoms with van der Waals surface area (Å²) in [5.74, 6) is 2.06. The molecule has 0 aliphatic rings. The fraction of sp³-hybridized carbons (Fsp3) is 0.231. The first-order chi connectivity index (χ1) is 9.21. The highest BCUT2D eigenvalue weighted by Crippen LogP contribution is 2.17.